The lowest BCUT2D eigenvalue weighted by Crippen LogP contribution is -2.44. The van der Waals surface area contributed by atoms with Gasteiger partial charge in [-0.2, -0.15) is 16.3 Å². The first-order valence-electron chi connectivity index (χ1n) is 7.61. The van der Waals surface area contributed by atoms with E-state index in [9.17, 15) is 4.79 Å². The van der Waals surface area contributed by atoms with Crippen LogP contribution in [0.3, 0.4) is 0 Å². The summed E-state index contributed by atoms with van der Waals surface area (Å²) >= 11 is 1.62. The summed E-state index contributed by atoms with van der Waals surface area (Å²) in [5.74, 6) is 1.44. The molecule has 1 saturated heterocycles. The fourth-order valence-corrected chi connectivity index (χ4v) is 3.22. The Morgan fingerprint density at radius 2 is 2.32 bits per heavy atom. The minimum absolute atomic E-state index is 0.135. The summed E-state index contributed by atoms with van der Waals surface area (Å²) in [5, 5.41) is 11.1. The second-order valence-corrected chi connectivity index (χ2v) is 6.28. The number of carbonyl (C=O) groups is 1. The van der Waals surface area contributed by atoms with Gasteiger partial charge in [-0.25, -0.2) is 0 Å². The highest BCUT2D eigenvalue weighted by Crippen LogP contribution is 2.20. The van der Waals surface area contributed by atoms with Gasteiger partial charge in [-0.1, -0.05) is 12.1 Å². The molecule has 0 aliphatic carbocycles. The predicted octanol–water partition coefficient (Wildman–Crippen LogP) is 2.29. The molecule has 1 amide bonds. The summed E-state index contributed by atoms with van der Waals surface area (Å²) in [6, 6.07) is 2.29. The minimum atomic E-state index is 0.135. The summed E-state index contributed by atoms with van der Waals surface area (Å²) < 4.78 is 5.33. The van der Waals surface area contributed by atoms with Crippen LogP contribution in [0.15, 0.2) is 21.3 Å². The maximum absolute atomic E-state index is 11.4. The summed E-state index contributed by atoms with van der Waals surface area (Å²) in [6.45, 7) is 4.42. The highest BCUT2D eigenvalue weighted by atomic mass is 32.1. The van der Waals surface area contributed by atoms with E-state index >= 15 is 0 Å². The molecule has 2 aromatic rings. The Morgan fingerprint density at radius 3 is 3.00 bits per heavy atom. The van der Waals surface area contributed by atoms with Crippen molar-refractivity contribution in [1.82, 2.24) is 20.4 Å². The molecule has 118 valence electrons. The molecule has 6 nitrogen and oxygen atoms in total. The maximum atomic E-state index is 11.4. The van der Waals surface area contributed by atoms with E-state index in [0.29, 0.717) is 30.7 Å². The fourth-order valence-electron chi connectivity index (χ4n) is 2.58. The van der Waals surface area contributed by atoms with Crippen LogP contribution in [0.5, 0.6) is 0 Å². The Kier molecular flexibility index (Phi) is 4.84. The van der Waals surface area contributed by atoms with Gasteiger partial charge in [0.25, 0.3) is 0 Å². The van der Waals surface area contributed by atoms with Gasteiger partial charge >= 0.3 is 0 Å². The van der Waals surface area contributed by atoms with Gasteiger partial charge < -0.3 is 9.84 Å². The summed E-state index contributed by atoms with van der Waals surface area (Å²) in [4.78, 5) is 18.1. The van der Waals surface area contributed by atoms with E-state index in [2.05, 4.69) is 20.4 Å². The molecule has 1 N–H and O–H groups in total. The molecule has 0 unspecified atom stereocenters. The number of hydrogen-bond acceptors (Lipinski definition) is 6. The molecule has 3 rings (SSSR count). The number of nitrogens with one attached hydrogen (secondary N) is 1. The Balaban J connectivity index is 1.50. The molecular formula is C15H20N4O2S. The van der Waals surface area contributed by atoms with E-state index in [1.807, 2.05) is 23.8 Å². The fraction of sp³-hybridized carbons (Fsp3) is 0.533. The average Bonchev–Trinajstić information content (AvgIpc) is 3.20. The van der Waals surface area contributed by atoms with Crippen LogP contribution in [-0.2, 0) is 11.3 Å². The third-order valence-corrected chi connectivity index (χ3v) is 4.56. The van der Waals surface area contributed by atoms with Crippen molar-refractivity contribution in [2.75, 3.05) is 13.1 Å². The number of piperidine rings is 1. The van der Waals surface area contributed by atoms with Crippen molar-refractivity contribution >= 4 is 17.2 Å². The lowest BCUT2D eigenvalue weighted by Gasteiger charge is -2.31. The molecule has 1 aliphatic rings. The number of hydrogen-bond donors (Lipinski definition) is 1. The van der Waals surface area contributed by atoms with Gasteiger partial charge in [0.15, 0.2) is 0 Å². The highest BCUT2D eigenvalue weighted by Gasteiger charge is 2.22. The molecule has 22 heavy (non-hydrogen) atoms. The van der Waals surface area contributed by atoms with Crippen molar-refractivity contribution in [3.05, 3.63) is 22.7 Å². The molecule has 0 bridgehead atoms. The zero-order chi connectivity index (χ0) is 15.4. The standard InChI is InChI=1S/C15H20N4O2S/c1-2-13(20)16-12-3-6-19(7-4-12)9-14-17-15(18-21-14)11-5-8-22-10-11/h5,8,10,12H,2-4,6-7,9H2,1H3,(H,16,20). The average molecular weight is 320 g/mol. The van der Waals surface area contributed by atoms with Gasteiger partial charge in [0, 0.05) is 36.5 Å². The molecule has 1 fully saturated rings. The molecule has 0 spiro atoms. The van der Waals surface area contributed by atoms with E-state index in [4.69, 9.17) is 4.52 Å². The Bertz CT molecular complexity index is 603. The Hall–Kier alpha value is -1.73. The second-order valence-electron chi connectivity index (χ2n) is 5.50. The second kappa shape index (κ2) is 7.02. The third kappa shape index (κ3) is 3.72. The zero-order valence-electron chi connectivity index (χ0n) is 12.6. The lowest BCUT2D eigenvalue weighted by molar-refractivity contribution is -0.121. The third-order valence-electron chi connectivity index (χ3n) is 3.88. The van der Waals surface area contributed by atoms with Gasteiger partial charge in [-0.15, -0.1) is 0 Å². The number of nitrogens with zero attached hydrogens (tertiary/aromatic N) is 3. The summed E-state index contributed by atoms with van der Waals surface area (Å²) in [7, 11) is 0. The Labute approximate surface area is 133 Å². The van der Waals surface area contributed by atoms with Crippen LogP contribution in [0.1, 0.15) is 32.1 Å². The van der Waals surface area contributed by atoms with Crippen LogP contribution >= 0.6 is 11.3 Å². The van der Waals surface area contributed by atoms with Gasteiger partial charge in [-0.3, -0.25) is 9.69 Å². The molecule has 0 radical (unpaired) electrons. The number of aromatic nitrogens is 2. The topological polar surface area (TPSA) is 71.3 Å². The number of likely N-dealkylation sites (tertiary alicyclic amines) is 1. The van der Waals surface area contributed by atoms with Crippen molar-refractivity contribution in [2.45, 2.75) is 38.8 Å². The van der Waals surface area contributed by atoms with E-state index in [1.165, 1.54) is 0 Å². The number of carbonyl (C=O) groups excluding carboxylic acids is 1. The van der Waals surface area contributed by atoms with Crippen LogP contribution in [0.4, 0.5) is 0 Å². The van der Waals surface area contributed by atoms with Crippen LogP contribution in [-0.4, -0.2) is 40.1 Å². The molecule has 0 aromatic carbocycles. The minimum Gasteiger partial charge on any atom is -0.353 e. The van der Waals surface area contributed by atoms with Crippen LogP contribution in [0, 0.1) is 0 Å². The van der Waals surface area contributed by atoms with Gasteiger partial charge in [0.05, 0.1) is 6.54 Å². The van der Waals surface area contributed by atoms with Crippen LogP contribution in [0.2, 0.25) is 0 Å². The first-order valence-corrected chi connectivity index (χ1v) is 8.55. The molecule has 7 heteroatoms. The predicted molar refractivity (Wildman–Crippen MR) is 84.3 cm³/mol. The normalized spacial score (nSPS) is 16.8. The molecule has 3 heterocycles. The van der Waals surface area contributed by atoms with Crippen molar-refractivity contribution < 1.29 is 9.32 Å². The molecule has 0 saturated carbocycles. The van der Waals surface area contributed by atoms with Crippen molar-refractivity contribution in [2.24, 2.45) is 0 Å². The SMILES string of the molecule is CCC(=O)NC1CCN(Cc2nc(-c3ccsc3)no2)CC1. The first kappa shape index (κ1) is 15.2. The number of amides is 1. The molecule has 2 aromatic heterocycles. The molecular weight excluding hydrogens is 300 g/mol. The number of rotatable bonds is 5. The lowest BCUT2D eigenvalue weighted by atomic mass is 10.0. The molecule has 0 atom stereocenters. The summed E-state index contributed by atoms with van der Waals surface area (Å²) in [5.41, 5.74) is 1.00. The monoisotopic (exact) mass is 320 g/mol. The van der Waals surface area contributed by atoms with Gasteiger partial charge in [-0.05, 0) is 24.3 Å². The number of thiophene rings is 1. The van der Waals surface area contributed by atoms with E-state index in [1.54, 1.807) is 11.3 Å². The van der Waals surface area contributed by atoms with Crippen molar-refractivity contribution in [3.63, 3.8) is 0 Å². The van der Waals surface area contributed by atoms with Crippen molar-refractivity contribution in [3.8, 4) is 11.4 Å². The van der Waals surface area contributed by atoms with Crippen molar-refractivity contribution in [1.29, 1.82) is 0 Å². The maximum Gasteiger partial charge on any atom is 0.241 e. The summed E-state index contributed by atoms with van der Waals surface area (Å²) in [6.07, 6.45) is 2.49. The first-order chi connectivity index (χ1) is 10.7. The van der Waals surface area contributed by atoms with E-state index < -0.39 is 0 Å². The highest BCUT2D eigenvalue weighted by molar-refractivity contribution is 7.08. The van der Waals surface area contributed by atoms with Crippen LogP contribution < -0.4 is 5.32 Å². The van der Waals surface area contributed by atoms with Gasteiger partial charge in [0.1, 0.15) is 0 Å². The quantitative estimate of drug-likeness (QED) is 0.915. The van der Waals surface area contributed by atoms with Crippen LogP contribution in [0.25, 0.3) is 11.4 Å². The van der Waals surface area contributed by atoms with E-state index in [0.717, 1.165) is 31.5 Å². The largest absolute Gasteiger partial charge is 0.353 e. The Morgan fingerprint density at radius 1 is 1.50 bits per heavy atom. The van der Waals surface area contributed by atoms with E-state index in [-0.39, 0.29) is 5.91 Å². The smallest absolute Gasteiger partial charge is 0.241 e. The van der Waals surface area contributed by atoms with Gasteiger partial charge in [0.2, 0.25) is 17.6 Å². The molecule has 1 aliphatic heterocycles. The zero-order valence-corrected chi connectivity index (χ0v) is 13.4.